The van der Waals surface area contributed by atoms with Crippen molar-refractivity contribution in [2.24, 2.45) is 0 Å². The molecule has 0 fully saturated rings. The summed E-state index contributed by atoms with van der Waals surface area (Å²) >= 11 is 5.70. The predicted molar refractivity (Wildman–Crippen MR) is 116 cm³/mol. The molecule has 4 rings (SSSR count). The Hall–Kier alpha value is -3.70. The quantitative estimate of drug-likeness (QED) is 0.378. The molecular weight excluding hydrogens is 384 g/mol. The highest BCUT2D eigenvalue weighted by molar-refractivity contribution is 7.71. The van der Waals surface area contributed by atoms with Crippen LogP contribution in [0.4, 0.5) is 5.69 Å². The highest BCUT2D eigenvalue weighted by atomic mass is 32.1. The molecule has 0 N–H and O–H groups in total. The van der Waals surface area contributed by atoms with E-state index in [-0.39, 0.29) is 5.56 Å². The van der Waals surface area contributed by atoms with Crippen LogP contribution in [-0.4, -0.2) is 25.8 Å². The third-order valence-electron chi connectivity index (χ3n) is 4.78. The zero-order valence-electron chi connectivity index (χ0n) is 15.8. The molecule has 0 saturated heterocycles. The number of hydrogen-bond acceptors (Lipinski definition) is 5. The van der Waals surface area contributed by atoms with Gasteiger partial charge < -0.3 is 4.90 Å². The monoisotopic (exact) mass is 402 g/mol. The molecule has 29 heavy (non-hydrogen) atoms. The number of fused-ring (bicyclic) bond motifs is 3. The van der Waals surface area contributed by atoms with Crippen LogP contribution in [0.3, 0.4) is 0 Å². The van der Waals surface area contributed by atoms with E-state index in [0.717, 1.165) is 11.2 Å². The Morgan fingerprint density at radius 2 is 1.97 bits per heavy atom. The molecule has 2 heterocycles. The van der Waals surface area contributed by atoms with Gasteiger partial charge >= 0.3 is 0 Å². The van der Waals surface area contributed by atoms with Gasteiger partial charge in [-0.15, -0.1) is 11.7 Å². The SMILES string of the molecule is C=CCn1c(=O)c2ccccc2n2c(=S)n(CN(C)c3ccc(C#N)cc3)nc12. The topological polar surface area (TPSA) is 71.3 Å². The molecule has 0 aliphatic rings. The largest absolute Gasteiger partial charge is 0.355 e. The van der Waals surface area contributed by atoms with E-state index in [1.165, 1.54) is 0 Å². The standard InChI is InChI=1S/C21H18N6OS/c1-3-12-25-19(28)17-6-4-5-7-18(17)27-20(25)23-26(21(27)29)14-24(2)16-10-8-15(13-22)9-11-16/h3-11H,1,12,14H2,2H3. The van der Waals surface area contributed by atoms with Gasteiger partial charge in [0.05, 0.1) is 22.5 Å². The molecule has 0 spiro atoms. The van der Waals surface area contributed by atoms with E-state index in [1.54, 1.807) is 33.5 Å². The highest BCUT2D eigenvalue weighted by Crippen LogP contribution is 2.17. The Labute approximate surface area is 172 Å². The van der Waals surface area contributed by atoms with Gasteiger partial charge in [0, 0.05) is 19.3 Å². The maximum atomic E-state index is 12.9. The molecule has 0 aliphatic heterocycles. The average molecular weight is 402 g/mol. The van der Waals surface area contributed by atoms with E-state index >= 15 is 0 Å². The van der Waals surface area contributed by atoms with Gasteiger partial charge in [-0.05, 0) is 48.6 Å². The molecule has 0 bridgehead atoms. The number of anilines is 1. The van der Waals surface area contributed by atoms with E-state index in [4.69, 9.17) is 17.5 Å². The van der Waals surface area contributed by atoms with Gasteiger partial charge in [0.25, 0.3) is 5.56 Å². The average Bonchev–Trinajstić information content (AvgIpc) is 3.07. The summed E-state index contributed by atoms with van der Waals surface area (Å²) < 4.78 is 5.58. The van der Waals surface area contributed by atoms with Crippen LogP contribution in [0.25, 0.3) is 16.7 Å². The number of allylic oxidation sites excluding steroid dienone is 1. The van der Waals surface area contributed by atoms with Crippen LogP contribution in [0, 0.1) is 16.1 Å². The minimum atomic E-state index is -0.124. The van der Waals surface area contributed by atoms with Gasteiger partial charge in [-0.1, -0.05) is 18.2 Å². The molecule has 2 aromatic heterocycles. The zero-order chi connectivity index (χ0) is 20.5. The lowest BCUT2D eigenvalue weighted by molar-refractivity contribution is 0.597. The summed E-state index contributed by atoms with van der Waals surface area (Å²) in [5, 5.41) is 14.2. The molecule has 0 saturated carbocycles. The normalized spacial score (nSPS) is 10.9. The Morgan fingerprint density at radius 1 is 1.24 bits per heavy atom. The molecule has 0 atom stereocenters. The maximum Gasteiger partial charge on any atom is 0.263 e. The van der Waals surface area contributed by atoms with Gasteiger partial charge in [-0.3, -0.25) is 13.8 Å². The number of nitrogens with zero attached hydrogens (tertiary/aromatic N) is 6. The first-order valence-electron chi connectivity index (χ1n) is 8.98. The van der Waals surface area contributed by atoms with Crippen LogP contribution < -0.4 is 10.5 Å². The smallest absolute Gasteiger partial charge is 0.263 e. The number of hydrogen-bond donors (Lipinski definition) is 0. The fourth-order valence-corrected chi connectivity index (χ4v) is 3.60. The molecule has 8 heteroatoms. The second-order valence-corrected chi connectivity index (χ2v) is 7.00. The van der Waals surface area contributed by atoms with Crippen molar-refractivity contribution in [1.29, 1.82) is 5.26 Å². The van der Waals surface area contributed by atoms with Crippen LogP contribution in [0.1, 0.15) is 5.56 Å². The molecule has 0 aliphatic carbocycles. The minimum Gasteiger partial charge on any atom is -0.355 e. The second kappa shape index (κ2) is 7.37. The first kappa shape index (κ1) is 18.7. The predicted octanol–water partition coefficient (Wildman–Crippen LogP) is 3.33. The molecular formula is C21H18N6OS. The molecule has 144 valence electrons. The number of benzene rings is 2. The van der Waals surface area contributed by atoms with Crippen molar-refractivity contribution < 1.29 is 0 Å². The van der Waals surface area contributed by atoms with E-state index < -0.39 is 0 Å². The number of para-hydroxylation sites is 1. The maximum absolute atomic E-state index is 12.9. The molecule has 0 unspecified atom stereocenters. The van der Waals surface area contributed by atoms with E-state index in [9.17, 15) is 4.79 Å². The van der Waals surface area contributed by atoms with Crippen molar-refractivity contribution in [1.82, 2.24) is 18.7 Å². The van der Waals surface area contributed by atoms with Gasteiger partial charge in [-0.25, -0.2) is 4.68 Å². The summed E-state index contributed by atoms with van der Waals surface area (Å²) in [5.74, 6) is 0.479. The van der Waals surface area contributed by atoms with Gasteiger partial charge in [0.15, 0.2) is 0 Å². The third-order valence-corrected chi connectivity index (χ3v) is 5.17. The highest BCUT2D eigenvalue weighted by Gasteiger charge is 2.15. The molecule has 0 radical (unpaired) electrons. The summed E-state index contributed by atoms with van der Waals surface area (Å²) in [5.41, 5.74) is 2.13. The van der Waals surface area contributed by atoms with Crippen LogP contribution in [0.5, 0.6) is 0 Å². The van der Waals surface area contributed by atoms with Crippen molar-refractivity contribution in [2.75, 3.05) is 11.9 Å². The lowest BCUT2D eigenvalue weighted by atomic mass is 10.2. The molecule has 0 amide bonds. The van der Waals surface area contributed by atoms with Crippen molar-refractivity contribution in [3.8, 4) is 6.07 Å². The van der Waals surface area contributed by atoms with Crippen LogP contribution in [0.2, 0.25) is 0 Å². The van der Waals surface area contributed by atoms with Gasteiger partial charge in [-0.2, -0.15) is 5.26 Å². The first-order chi connectivity index (χ1) is 14.0. The summed E-state index contributed by atoms with van der Waals surface area (Å²) in [6.45, 7) is 4.48. The minimum absolute atomic E-state index is 0.124. The van der Waals surface area contributed by atoms with Crippen molar-refractivity contribution in [2.45, 2.75) is 13.2 Å². The Balaban J connectivity index is 1.87. The number of nitriles is 1. The molecule has 2 aromatic carbocycles. The Kier molecular flexibility index (Phi) is 4.74. The lowest BCUT2D eigenvalue weighted by Gasteiger charge is -2.18. The van der Waals surface area contributed by atoms with Crippen molar-refractivity contribution in [3.05, 3.63) is 81.9 Å². The van der Waals surface area contributed by atoms with E-state index in [0.29, 0.717) is 34.7 Å². The van der Waals surface area contributed by atoms with Crippen LogP contribution in [-0.2, 0) is 13.2 Å². The lowest BCUT2D eigenvalue weighted by Crippen LogP contribution is -2.23. The van der Waals surface area contributed by atoms with Crippen LogP contribution >= 0.6 is 12.2 Å². The van der Waals surface area contributed by atoms with Crippen LogP contribution in [0.15, 0.2) is 66.0 Å². The Morgan fingerprint density at radius 3 is 2.66 bits per heavy atom. The summed E-state index contributed by atoms with van der Waals surface area (Å²) in [6.07, 6.45) is 1.67. The number of rotatable bonds is 5. The summed E-state index contributed by atoms with van der Waals surface area (Å²) in [6, 6.07) is 16.8. The van der Waals surface area contributed by atoms with Gasteiger partial charge in [0.2, 0.25) is 10.5 Å². The zero-order valence-corrected chi connectivity index (χ0v) is 16.6. The molecule has 7 nitrogen and oxygen atoms in total. The van der Waals surface area contributed by atoms with Crippen molar-refractivity contribution >= 4 is 34.6 Å². The van der Waals surface area contributed by atoms with Crippen molar-refractivity contribution in [3.63, 3.8) is 0 Å². The summed E-state index contributed by atoms with van der Waals surface area (Å²) in [7, 11) is 1.92. The third kappa shape index (κ3) is 3.11. The summed E-state index contributed by atoms with van der Waals surface area (Å²) in [4.78, 5) is 14.9. The number of aromatic nitrogens is 4. The fraction of sp³-hybridized carbons (Fsp3) is 0.143. The first-order valence-corrected chi connectivity index (χ1v) is 9.39. The van der Waals surface area contributed by atoms with E-state index in [1.807, 2.05) is 46.7 Å². The second-order valence-electron chi connectivity index (χ2n) is 6.64. The molecule has 4 aromatic rings. The van der Waals surface area contributed by atoms with Gasteiger partial charge in [0.1, 0.15) is 6.67 Å². The van der Waals surface area contributed by atoms with E-state index in [2.05, 4.69) is 17.7 Å². The fourth-order valence-electron chi connectivity index (χ4n) is 3.33. The Bertz CT molecular complexity index is 1390.